The van der Waals surface area contributed by atoms with E-state index in [1.807, 2.05) is 0 Å². The molecule has 0 saturated heterocycles. The van der Waals surface area contributed by atoms with Gasteiger partial charge in [0.05, 0.1) is 0 Å². The van der Waals surface area contributed by atoms with Gasteiger partial charge in [0.2, 0.25) is 0 Å². The lowest BCUT2D eigenvalue weighted by atomic mass is 9.77. The fourth-order valence-electron chi connectivity index (χ4n) is 4.00. The minimum absolute atomic E-state index is 0.893. The molecule has 1 N–H and O–H groups in total. The van der Waals surface area contributed by atoms with Crippen molar-refractivity contribution in [1.82, 2.24) is 5.32 Å². The van der Waals surface area contributed by atoms with Crippen molar-refractivity contribution in [3.8, 4) is 0 Å². The molecule has 0 aromatic heterocycles. The highest BCUT2D eigenvalue weighted by atomic mass is 15.0. The third kappa shape index (κ3) is 1.41. The van der Waals surface area contributed by atoms with Gasteiger partial charge < -0.3 is 5.32 Å². The van der Waals surface area contributed by atoms with Crippen LogP contribution in [0.25, 0.3) is 0 Å². The van der Waals surface area contributed by atoms with Gasteiger partial charge in [-0.1, -0.05) is 19.8 Å². The summed E-state index contributed by atoms with van der Waals surface area (Å²) < 4.78 is 0. The Morgan fingerprint density at radius 2 is 1.93 bits per heavy atom. The molecule has 80 valence electrons. The molecule has 0 amide bonds. The van der Waals surface area contributed by atoms with E-state index in [2.05, 4.69) is 12.2 Å². The normalized spacial score (nSPS) is 50.8. The summed E-state index contributed by atoms with van der Waals surface area (Å²) in [5, 5.41) is 3.95. The maximum Gasteiger partial charge on any atom is 0.0101 e. The first-order chi connectivity index (χ1) is 6.86. The van der Waals surface area contributed by atoms with Gasteiger partial charge in [-0.05, 0) is 49.9 Å². The quantitative estimate of drug-likeness (QED) is 0.726. The van der Waals surface area contributed by atoms with E-state index >= 15 is 0 Å². The second-order valence-electron chi connectivity index (χ2n) is 5.80. The van der Waals surface area contributed by atoms with Crippen molar-refractivity contribution >= 4 is 0 Å². The first-order valence-electron chi connectivity index (χ1n) is 6.63. The van der Waals surface area contributed by atoms with Crippen molar-refractivity contribution in [2.75, 3.05) is 0 Å². The lowest BCUT2D eigenvalue weighted by Crippen LogP contribution is -2.50. The average molecular weight is 193 g/mol. The SMILES string of the molecule is CCC1CCC1NC1CC2CCC1C2. The van der Waals surface area contributed by atoms with E-state index in [-0.39, 0.29) is 0 Å². The Kier molecular flexibility index (Phi) is 2.31. The Bertz CT molecular complexity index is 211. The minimum atomic E-state index is 0.893. The predicted molar refractivity (Wildman–Crippen MR) is 59.2 cm³/mol. The summed E-state index contributed by atoms with van der Waals surface area (Å²) >= 11 is 0. The summed E-state index contributed by atoms with van der Waals surface area (Å²) in [4.78, 5) is 0. The van der Waals surface area contributed by atoms with Gasteiger partial charge >= 0.3 is 0 Å². The largest absolute Gasteiger partial charge is 0.311 e. The van der Waals surface area contributed by atoms with Crippen LogP contribution in [-0.4, -0.2) is 12.1 Å². The van der Waals surface area contributed by atoms with Gasteiger partial charge in [-0.15, -0.1) is 0 Å². The number of rotatable bonds is 3. The first kappa shape index (κ1) is 9.21. The highest BCUT2D eigenvalue weighted by Crippen LogP contribution is 2.45. The molecule has 3 saturated carbocycles. The molecule has 3 aliphatic rings. The fraction of sp³-hybridized carbons (Fsp3) is 1.00. The molecule has 1 heteroatoms. The maximum absolute atomic E-state index is 3.95. The second-order valence-corrected chi connectivity index (χ2v) is 5.80. The van der Waals surface area contributed by atoms with Crippen LogP contribution in [0.2, 0.25) is 0 Å². The van der Waals surface area contributed by atoms with Crippen LogP contribution in [0.4, 0.5) is 0 Å². The third-order valence-electron chi connectivity index (χ3n) is 5.11. The Labute approximate surface area is 87.7 Å². The van der Waals surface area contributed by atoms with Gasteiger partial charge in [0.15, 0.2) is 0 Å². The molecule has 0 aliphatic heterocycles. The number of hydrogen-bond donors (Lipinski definition) is 1. The molecule has 3 aliphatic carbocycles. The zero-order valence-corrected chi connectivity index (χ0v) is 9.34. The van der Waals surface area contributed by atoms with Gasteiger partial charge in [-0.25, -0.2) is 0 Å². The molecule has 5 unspecified atom stereocenters. The molecule has 2 bridgehead atoms. The standard InChI is InChI=1S/C13H23N/c1-2-10-5-6-12(10)14-13-8-9-3-4-11(13)7-9/h9-14H,2-8H2,1H3. The zero-order chi connectivity index (χ0) is 9.54. The summed E-state index contributed by atoms with van der Waals surface area (Å²) in [7, 11) is 0. The van der Waals surface area contributed by atoms with Gasteiger partial charge in [-0.2, -0.15) is 0 Å². The summed E-state index contributed by atoms with van der Waals surface area (Å²) in [5.41, 5.74) is 0. The van der Waals surface area contributed by atoms with E-state index in [1.165, 1.54) is 38.5 Å². The van der Waals surface area contributed by atoms with Gasteiger partial charge in [0, 0.05) is 12.1 Å². The van der Waals surface area contributed by atoms with E-state index in [0.29, 0.717) is 0 Å². The van der Waals surface area contributed by atoms with Crippen molar-refractivity contribution in [3.63, 3.8) is 0 Å². The summed E-state index contributed by atoms with van der Waals surface area (Å²) in [6.07, 6.45) is 10.4. The third-order valence-corrected chi connectivity index (χ3v) is 5.11. The van der Waals surface area contributed by atoms with Crippen molar-refractivity contribution < 1.29 is 0 Å². The average Bonchev–Trinajstić information content (AvgIpc) is 2.74. The van der Waals surface area contributed by atoms with Crippen LogP contribution in [0.1, 0.15) is 51.9 Å². The Hall–Kier alpha value is -0.0400. The Morgan fingerprint density at radius 1 is 1.00 bits per heavy atom. The van der Waals surface area contributed by atoms with E-state index in [9.17, 15) is 0 Å². The van der Waals surface area contributed by atoms with Crippen molar-refractivity contribution in [1.29, 1.82) is 0 Å². The lowest BCUT2D eigenvalue weighted by Gasteiger charge is -2.40. The topological polar surface area (TPSA) is 12.0 Å². The summed E-state index contributed by atoms with van der Waals surface area (Å²) in [5.74, 6) is 3.16. The smallest absolute Gasteiger partial charge is 0.0101 e. The molecular formula is C13H23N. The van der Waals surface area contributed by atoms with Crippen molar-refractivity contribution in [3.05, 3.63) is 0 Å². The van der Waals surface area contributed by atoms with E-state index < -0.39 is 0 Å². The van der Waals surface area contributed by atoms with Crippen molar-refractivity contribution in [2.45, 2.75) is 64.0 Å². The molecule has 3 fully saturated rings. The van der Waals surface area contributed by atoms with Gasteiger partial charge in [0.25, 0.3) is 0 Å². The Morgan fingerprint density at radius 3 is 2.43 bits per heavy atom. The molecule has 3 rings (SSSR count). The molecule has 0 spiro atoms. The monoisotopic (exact) mass is 193 g/mol. The molecule has 0 radical (unpaired) electrons. The fourth-order valence-corrected chi connectivity index (χ4v) is 4.00. The minimum Gasteiger partial charge on any atom is -0.311 e. The molecular weight excluding hydrogens is 170 g/mol. The van der Waals surface area contributed by atoms with Crippen LogP contribution in [0.3, 0.4) is 0 Å². The number of hydrogen-bond acceptors (Lipinski definition) is 1. The van der Waals surface area contributed by atoms with Crippen LogP contribution in [0.5, 0.6) is 0 Å². The van der Waals surface area contributed by atoms with Crippen molar-refractivity contribution in [2.24, 2.45) is 17.8 Å². The number of fused-ring (bicyclic) bond motifs is 2. The molecule has 0 aromatic rings. The highest BCUT2D eigenvalue weighted by molar-refractivity contribution is 4.98. The maximum atomic E-state index is 3.95. The lowest BCUT2D eigenvalue weighted by molar-refractivity contribution is 0.167. The first-order valence-corrected chi connectivity index (χ1v) is 6.63. The summed E-state index contributed by atoms with van der Waals surface area (Å²) in [6.45, 7) is 2.35. The molecule has 0 aromatic carbocycles. The number of nitrogens with one attached hydrogen (secondary N) is 1. The van der Waals surface area contributed by atoms with Crippen LogP contribution < -0.4 is 5.32 Å². The van der Waals surface area contributed by atoms with Crippen LogP contribution in [-0.2, 0) is 0 Å². The van der Waals surface area contributed by atoms with E-state index in [0.717, 1.165) is 29.8 Å². The van der Waals surface area contributed by atoms with Gasteiger partial charge in [0.1, 0.15) is 0 Å². The zero-order valence-electron chi connectivity index (χ0n) is 9.34. The molecule has 5 atom stereocenters. The molecule has 1 nitrogen and oxygen atoms in total. The Balaban J connectivity index is 1.53. The van der Waals surface area contributed by atoms with Crippen LogP contribution >= 0.6 is 0 Å². The van der Waals surface area contributed by atoms with E-state index in [4.69, 9.17) is 0 Å². The van der Waals surface area contributed by atoms with Crippen LogP contribution in [0, 0.1) is 17.8 Å². The van der Waals surface area contributed by atoms with Crippen LogP contribution in [0.15, 0.2) is 0 Å². The second kappa shape index (κ2) is 3.52. The van der Waals surface area contributed by atoms with Gasteiger partial charge in [-0.3, -0.25) is 0 Å². The van der Waals surface area contributed by atoms with E-state index in [1.54, 1.807) is 6.42 Å². The molecule has 0 heterocycles. The molecule has 14 heavy (non-hydrogen) atoms. The summed E-state index contributed by atoms with van der Waals surface area (Å²) in [6, 6.07) is 1.80. The predicted octanol–water partition coefficient (Wildman–Crippen LogP) is 2.95. The highest BCUT2D eigenvalue weighted by Gasteiger charge is 2.41.